The van der Waals surface area contributed by atoms with E-state index in [1.807, 2.05) is 0 Å². The number of aliphatic hydroxyl groups is 2. The summed E-state index contributed by atoms with van der Waals surface area (Å²) >= 11 is 1.20. The monoisotopic (exact) mass is 258 g/mol. The van der Waals surface area contributed by atoms with E-state index in [1.54, 1.807) is 13.8 Å². The third-order valence-corrected chi connectivity index (χ3v) is 5.46. The molecule has 0 rings (SSSR count). The Labute approximate surface area is 94.7 Å². The molecule has 0 atom stereocenters. The highest BCUT2D eigenvalue weighted by Gasteiger charge is 2.25. The molecule has 0 unspecified atom stereocenters. The lowest BCUT2D eigenvalue weighted by molar-refractivity contribution is 0.223. The molecular formula is C8H19O5PS. The lowest BCUT2D eigenvalue weighted by Gasteiger charge is -2.18. The van der Waals surface area contributed by atoms with Gasteiger partial charge >= 0.3 is 7.60 Å². The van der Waals surface area contributed by atoms with Gasteiger partial charge in [0.15, 0.2) is 0 Å². The molecule has 15 heavy (non-hydrogen) atoms. The summed E-state index contributed by atoms with van der Waals surface area (Å²) in [4.78, 5) is 0. The van der Waals surface area contributed by atoms with Crippen LogP contribution in [0.4, 0.5) is 0 Å². The Kier molecular flexibility index (Phi) is 8.80. The van der Waals surface area contributed by atoms with E-state index in [0.717, 1.165) is 0 Å². The van der Waals surface area contributed by atoms with Gasteiger partial charge in [-0.05, 0) is 13.8 Å². The van der Waals surface area contributed by atoms with Gasteiger partial charge in [0.2, 0.25) is 0 Å². The van der Waals surface area contributed by atoms with Crippen molar-refractivity contribution in [3.63, 3.8) is 0 Å². The molecule has 2 N–H and O–H groups in total. The minimum Gasteiger partial charge on any atom is -0.395 e. The molecule has 0 aromatic carbocycles. The third-order valence-electron chi connectivity index (χ3n) is 1.53. The summed E-state index contributed by atoms with van der Waals surface area (Å²) in [6.45, 7) is 3.82. The van der Waals surface area contributed by atoms with Gasteiger partial charge in [0.1, 0.15) is 0 Å². The van der Waals surface area contributed by atoms with Crippen molar-refractivity contribution in [2.45, 2.75) is 19.1 Å². The van der Waals surface area contributed by atoms with Crippen molar-refractivity contribution in [2.24, 2.45) is 0 Å². The minimum atomic E-state index is -3.06. The van der Waals surface area contributed by atoms with Crippen molar-refractivity contribution in [3.8, 4) is 0 Å². The molecule has 0 radical (unpaired) electrons. The average Bonchev–Trinajstić information content (AvgIpc) is 2.20. The Morgan fingerprint density at radius 3 is 2.00 bits per heavy atom. The van der Waals surface area contributed by atoms with E-state index in [0.29, 0.717) is 13.2 Å². The fourth-order valence-electron chi connectivity index (χ4n) is 0.865. The quantitative estimate of drug-likeness (QED) is 0.607. The molecule has 0 amide bonds. The van der Waals surface area contributed by atoms with Crippen molar-refractivity contribution in [3.05, 3.63) is 0 Å². The summed E-state index contributed by atoms with van der Waals surface area (Å²) in [5, 5.41) is 17.3. The molecule has 5 nitrogen and oxygen atoms in total. The average molecular weight is 258 g/mol. The summed E-state index contributed by atoms with van der Waals surface area (Å²) in [5.74, 6) is 0. The maximum atomic E-state index is 11.9. The Morgan fingerprint density at radius 1 is 1.20 bits per heavy atom. The van der Waals surface area contributed by atoms with Crippen LogP contribution in [0, 0.1) is 0 Å². The molecule has 0 aromatic heterocycles. The van der Waals surface area contributed by atoms with Crippen LogP contribution < -0.4 is 0 Å². The Bertz CT molecular complexity index is 187. The molecule has 0 aliphatic rings. The molecule has 0 aliphatic heterocycles. The Morgan fingerprint density at radius 2 is 1.67 bits per heavy atom. The fourth-order valence-corrected chi connectivity index (χ4v) is 4.11. The zero-order chi connectivity index (χ0) is 11.7. The van der Waals surface area contributed by atoms with Crippen LogP contribution in [0.1, 0.15) is 13.8 Å². The van der Waals surface area contributed by atoms with Crippen LogP contribution in [0.2, 0.25) is 0 Å². The third kappa shape index (κ3) is 6.56. The van der Waals surface area contributed by atoms with Gasteiger partial charge < -0.3 is 19.3 Å². The predicted molar refractivity (Wildman–Crippen MR) is 61.3 cm³/mol. The molecular weight excluding hydrogens is 239 g/mol. The molecule has 0 aromatic rings. The summed E-state index contributed by atoms with van der Waals surface area (Å²) in [6.07, 6.45) is 0. The number of thioether (sulfide) groups is 1. The van der Waals surface area contributed by atoms with Gasteiger partial charge in [-0.25, -0.2) is 0 Å². The van der Waals surface area contributed by atoms with Crippen molar-refractivity contribution >= 4 is 19.4 Å². The maximum absolute atomic E-state index is 11.9. The summed E-state index contributed by atoms with van der Waals surface area (Å²) < 4.78 is 22.0. The summed E-state index contributed by atoms with van der Waals surface area (Å²) in [6, 6.07) is 0. The molecule has 0 fully saturated rings. The van der Waals surface area contributed by atoms with Gasteiger partial charge in [0, 0.05) is 0 Å². The lowest BCUT2D eigenvalue weighted by atomic mass is 10.5. The summed E-state index contributed by atoms with van der Waals surface area (Å²) in [7, 11) is -3.06. The molecule has 0 heterocycles. The smallest absolute Gasteiger partial charge is 0.340 e. The largest absolute Gasteiger partial charge is 0.395 e. The zero-order valence-corrected chi connectivity index (χ0v) is 10.8. The van der Waals surface area contributed by atoms with Crippen LogP contribution in [0.25, 0.3) is 0 Å². The first-order valence-electron chi connectivity index (χ1n) is 4.83. The summed E-state index contributed by atoms with van der Waals surface area (Å²) in [5.41, 5.74) is 0.153. The molecule has 0 bridgehead atoms. The molecule has 0 spiro atoms. The number of aliphatic hydroxyl groups excluding tert-OH is 2. The van der Waals surface area contributed by atoms with Crippen LogP contribution in [-0.2, 0) is 13.6 Å². The van der Waals surface area contributed by atoms with Crippen LogP contribution >= 0.6 is 19.4 Å². The Hall–Kier alpha value is 0.420. The first-order chi connectivity index (χ1) is 7.11. The second-order valence-corrected chi connectivity index (χ2v) is 6.50. The van der Waals surface area contributed by atoms with E-state index < -0.39 is 7.60 Å². The Balaban J connectivity index is 4.10. The molecule has 0 aliphatic carbocycles. The highest BCUT2D eigenvalue weighted by atomic mass is 32.2. The minimum absolute atomic E-state index is 0.153. The fraction of sp³-hybridized carbons (Fsp3) is 1.00. The van der Waals surface area contributed by atoms with Gasteiger partial charge in [-0.2, -0.15) is 0 Å². The van der Waals surface area contributed by atoms with E-state index in [2.05, 4.69) is 0 Å². The second kappa shape index (κ2) is 8.56. The molecule has 0 saturated carbocycles. The second-order valence-electron chi connectivity index (χ2n) is 2.73. The first-order valence-corrected chi connectivity index (χ1v) is 7.61. The van der Waals surface area contributed by atoms with Gasteiger partial charge in [-0.1, -0.05) is 0 Å². The number of rotatable bonds is 9. The van der Waals surface area contributed by atoms with E-state index in [4.69, 9.17) is 19.3 Å². The standard InChI is InChI=1S/C8H19O5PS/c1-3-12-14(11,13-4-2)7-15-8(5-9)6-10/h8-10H,3-7H2,1-2H3. The first kappa shape index (κ1) is 15.4. The normalized spacial score (nSPS) is 12.3. The van der Waals surface area contributed by atoms with Crippen LogP contribution in [0.5, 0.6) is 0 Å². The van der Waals surface area contributed by atoms with Crippen molar-refractivity contribution in [1.82, 2.24) is 0 Å². The van der Waals surface area contributed by atoms with Crippen molar-refractivity contribution < 1.29 is 23.8 Å². The van der Waals surface area contributed by atoms with Crippen LogP contribution in [0.15, 0.2) is 0 Å². The van der Waals surface area contributed by atoms with Gasteiger partial charge in [-0.15, -0.1) is 11.8 Å². The highest BCUT2D eigenvalue weighted by Crippen LogP contribution is 2.51. The van der Waals surface area contributed by atoms with Crippen LogP contribution in [-0.4, -0.2) is 47.4 Å². The number of hydrogen-bond acceptors (Lipinski definition) is 6. The predicted octanol–water partition coefficient (Wildman–Crippen LogP) is 1.30. The van der Waals surface area contributed by atoms with Crippen LogP contribution in [0.3, 0.4) is 0 Å². The van der Waals surface area contributed by atoms with E-state index in [1.165, 1.54) is 11.8 Å². The van der Waals surface area contributed by atoms with Crippen molar-refractivity contribution in [2.75, 3.05) is 31.9 Å². The molecule has 7 heteroatoms. The van der Waals surface area contributed by atoms with E-state index >= 15 is 0 Å². The molecule has 0 saturated heterocycles. The maximum Gasteiger partial charge on any atom is 0.340 e. The zero-order valence-electron chi connectivity index (χ0n) is 9.09. The van der Waals surface area contributed by atoms with Gasteiger partial charge in [0.25, 0.3) is 0 Å². The van der Waals surface area contributed by atoms with Gasteiger partial charge in [-0.3, -0.25) is 4.57 Å². The van der Waals surface area contributed by atoms with E-state index in [-0.39, 0.29) is 24.0 Å². The SMILES string of the molecule is CCOP(=O)(CSC(CO)CO)OCC. The topological polar surface area (TPSA) is 76.0 Å². The lowest BCUT2D eigenvalue weighted by Crippen LogP contribution is -2.14. The highest BCUT2D eigenvalue weighted by molar-refractivity contribution is 8.05. The van der Waals surface area contributed by atoms with Gasteiger partial charge in [0.05, 0.1) is 37.2 Å². The number of hydrogen-bond donors (Lipinski definition) is 2. The van der Waals surface area contributed by atoms with Crippen molar-refractivity contribution in [1.29, 1.82) is 0 Å². The molecule has 92 valence electrons. The van der Waals surface area contributed by atoms with E-state index in [9.17, 15) is 4.57 Å².